The fourth-order valence-electron chi connectivity index (χ4n) is 14.6. The number of benzene rings is 12. The number of para-hydroxylation sites is 8. The molecule has 0 amide bonds. The molecule has 0 radical (unpaired) electrons. The van der Waals surface area contributed by atoms with Gasteiger partial charge in [0.2, 0.25) is 0 Å². The smallest absolute Gasteiger partial charge is 0.0716 e. The second kappa shape index (κ2) is 17.2. The quantitative estimate of drug-likeness (QED) is 0.145. The van der Waals surface area contributed by atoms with Crippen LogP contribution in [0.1, 0.15) is 41.2 Å². The zero-order valence-electron chi connectivity index (χ0n) is 44.2. The molecule has 4 heteroatoms. The van der Waals surface area contributed by atoms with Crippen molar-refractivity contribution in [1.82, 2.24) is 18.3 Å². The van der Waals surface area contributed by atoms with Crippen LogP contribution in [0.2, 0.25) is 0 Å². The molecule has 0 bridgehead atoms. The van der Waals surface area contributed by atoms with Crippen molar-refractivity contribution in [2.45, 2.75) is 25.2 Å². The summed E-state index contributed by atoms with van der Waals surface area (Å²) in [6.45, 7) is 2.31. The van der Waals surface area contributed by atoms with Crippen molar-refractivity contribution < 1.29 is 0 Å². The van der Waals surface area contributed by atoms with Gasteiger partial charge in [0.05, 0.1) is 49.5 Å². The Morgan fingerprint density at radius 1 is 0.275 bits per heavy atom. The van der Waals surface area contributed by atoms with Crippen LogP contribution in [0.15, 0.2) is 273 Å². The predicted octanol–water partition coefficient (Wildman–Crippen LogP) is 19.4. The first-order chi connectivity index (χ1) is 39.7. The summed E-state index contributed by atoms with van der Waals surface area (Å²) >= 11 is 0. The summed E-state index contributed by atoms with van der Waals surface area (Å²) in [6, 6.07) is 103. The van der Waals surface area contributed by atoms with Gasteiger partial charge in [-0.25, -0.2) is 0 Å². The fraction of sp³-hybridized carbons (Fsp3) is 0.0526. The number of rotatable bonds is 8. The summed E-state index contributed by atoms with van der Waals surface area (Å²) in [5, 5.41) is 9.87. The second-order valence-corrected chi connectivity index (χ2v) is 21.8. The Kier molecular flexibility index (Phi) is 9.64. The molecule has 376 valence electrons. The molecule has 0 aliphatic heterocycles. The van der Waals surface area contributed by atoms with Gasteiger partial charge in [0.1, 0.15) is 0 Å². The monoisotopic (exact) mass is 1020 g/mol. The van der Waals surface area contributed by atoms with Crippen LogP contribution in [-0.4, -0.2) is 18.3 Å². The molecule has 0 unspecified atom stereocenters. The molecule has 4 aromatic heterocycles. The van der Waals surface area contributed by atoms with E-state index in [0.717, 1.165) is 35.6 Å². The van der Waals surface area contributed by atoms with Crippen molar-refractivity contribution in [2.24, 2.45) is 0 Å². The van der Waals surface area contributed by atoms with E-state index in [9.17, 15) is 0 Å². The first kappa shape index (κ1) is 44.9. The molecule has 12 aromatic carbocycles. The molecule has 0 saturated heterocycles. The van der Waals surface area contributed by atoms with Crippen LogP contribution >= 0.6 is 0 Å². The van der Waals surface area contributed by atoms with Crippen LogP contribution in [0, 0.1) is 0 Å². The Hall–Kier alpha value is -10.2. The topological polar surface area (TPSA) is 19.7 Å². The van der Waals surface area contributed by atoms with Gasteiger partial charge >= 0.3 is 0 Å². The molecule has 0 saturated carbocycles. The molecular formula is C76H52N4. The lowest BCUT2D eigenvalue weighted by Crippen LogP contribution is -2.29. The maximum Gasteiger partial charge on any atom is 0.0716 e. The van der Waals surface area contributed by atoms with E-state index >= 15 is 0 Å². The largest absolute Gasteiger partial charge is 0.309 e. The lowest BCUT2D eigenvalue weighted by atomic mass is 9.67. The van der Waals surface area contributed by atoms with E-state index < -0.39 is 5.41 Å². The predicted molar refractivity (Wildman–Crippen MR) is 335 cm³/mol. The normalized spacial score (nSPS) is 13.0. The number of fused-ring (bicyclic) bond motifs is 15. The summed E-state index contributed by atoms with van der Waals surface area (Å²) in [5.41, 5.74) is 21.9. The minimum Gasteiger partial charge on any atom is -0.309 e. The standard InChI is InChI=1S/C76H52N4/c1-2-22-49-23-21-34-66-75(49)64-32-3-12-33-65(64)76(66,50-43-52(77-67-35-13-4-24-56(67)57-25-5-14-36-68(57)77)47-53(44-50)78-69-37-15-6-26-58(69)59-27-7-16-38-70(59)78)51-45-54(79-71-39-17-8-28-60(71)61-29-9-18-40-72(61)79)48-55(46-51)80-73-41-19-10-30-62(73)63-31-11-20-42-74(63)80/h3-21,23-48H,2,22H2,1H3. The van der Waals surface area contributed by atoms with Crippen molar-refractivity contribution in [2.75, 3.05) is 0 Å². The zero-order chi connectivity index (χ0) is 52.6. The van der Waals surface area contributed by atoms with Crippen molar-refractivity contribution in [3.63, 3.8) is 0 Å². The van der Waals surface area contributed by atoms with Crippen LogP contribution < -0.4 is 0 Å². The van der Waals surface area contributed by atoms with Crippen LogP contribution in [0.5, 0.6) is 0 Å². The maximum absolute atomic E-state index is 2.54. The highest BCUT2D eigenvalue weighted by atomic mass is 15.0. The van der Waals surface area contributed by atoms with Crippen LogP contribution in [0.25, 0.3) is 121 Å². The minimum absolute atomic E-state index is 0.847. The zero-order valence-corrected chi connectivity index (χ0v) is 44.2. The summed E-state index contributed by atoms with van der Waals surface area (Å²) in [4.78, 5) is 0. The lowest BCUT2D eigenvalue weighted by molar-refractivity contribution is 0.762. The highest BCUT2D eigenvalue weighted by Crippen LogP contribution is 2.59. The fourth-order valence-corrected chi connectivity index (χ4v) is 14.6. The van der Waals surface area contributed by atoms with Gasteiger partial charge in [-0.05, 0) is 130 Å². The first-order valence-corrected chi connectivity index (χ1v) is 28.1. The van der Waals surface area contributed by atoms with Gasteiger partial charge in [0.15, 0.2) is 0 Å². The van der Waals surface area contributed by atoms with Crippen molar-refractivity contribution in [3.05, 3.63) is 301 Å². The second-order valence-electron chi connectivity index (χ2n) is 21.8. The number of hydrogen-bond acceptors (Lipinski definition) is 0. The molecule has 4 nitrogen and oxygen atoms in total. The molecule has 80 heavy (non-hydrogen) atoms. The molecule has 4 heterocycles. The van der Waals surface area contributed by atoms with E-state index in [1.54, 1.807) is 0 Å². The third-order valence-electron chi connectivity index (χ3n) is 17.7. The Labute approximate surface area is 462 Å². The van der Waals surface area contributed by atoms with Gasteiger partial charge in [-0.15, -0.1) is 0 Å². The van der Waals surface area contributed by atoms with E-state index in [1.165, 1.54) is 126 Å². The van der Waals surface area contributed by atoms with Crippen LogP contribution in [-0.2, 0) is 11.8 Å². The highest BCUT2D eigenvalue weighted by molar-refractivity contribution is 6.13. The number of nitrogens with zero attached hydrogens (tertiary/aromatic N) is 4. The summed E-state index contributed by atoms with van der Waals surface area (Å²) < 4.78 is 10.1. The number of aryl methyl sites for hydroxylation is 1. The summed E-state index contributed by atoms with van der Waals surface area (Å²) in [5.74, 6) is 0. The third-order valence-corrected chi connectivity index (χ3v) is 17.7. The van der Waals surface area contributed by atoms with E-state index in [4.69, 9.17) is 0 Å². The van der Waals surface area contributed by atoms with Gasteiger partial charge < -0.3 is 18.3 Å². The first-order valence-electron chi connectivity index (χ1n) is 28.1. The highest BCUT2D eigenvalue weighted by Gasteiger charge is 2.48. The molecule has 17 rings (SSSR count). The number of aromatic nitrogens is 4. The van der Waals surface area contributed by atoms with E-state index in [-0.39, 0.29) is 0 Å². The van der Waals surface area contributed by atoms with Crippen LogP contribution in [0.4, 0.5) is 0 Å². The average Bonchev–Trinajstić information content (AvgIpc) is 4.38. The van der Waals surface area contributed by atoms with Crippen molar-refractivity contribution >= 4 is 87.2 Å². The molecule has 0 atom stereocenters. The van der Waals surface area contributed by atoms with Gasteiger partial charge in [0.25, 0.3) is 0 Å². The summed E-state index contributed by atoms with van der Waals surface area (Å²) in [7, 11) is 0. The molecule has 0 spiro atoms. The maximum atomic E-state index is 2.54. The van der Waals surface area contributed by atoms with Crippen molar-refractivity contribution in [1.29, 1.82) is 0 Å². The minimum atomic E-state index is -0.847. The van der Waals surface area contributed by atoms with Gasteiger partial charge in [-0.1, -0.05) is 201 Å². The molecule has 0 fully saturated rings. The van der Waals surface area contributed by atoms with Crippen molar-refractivity contribution in [3.8, 4) is 33.9 Å². The molecule has 16 aromatic rings. The SMILES string of the molecule is CCCc1cccc2c1-c1ccccc1C2(c1cc(-n2c3ccccc3c3ccccc32)cc(-n2c3ccccc3c3ccccc32)c1)c1cc(-n2c3ccccc3c3ccccc32)cc(-n2c3ccccc3c3ccccc32)c1. The average molecular weight is 1020 g/mol. The van der Waals surface area contributed by atoms with Gasteiger partial charge in [0, 0.05) is 65.8 Å². The molecular weight excluding hydrogens is 969 g/mol. The third kappa shape index (κ3) is 6.16. The summed E-state index contributed by atoms with van der Waals surface area (Å²) in [6.07, 6.45) is 2.00. The van der Waals surface area contributed by atoms with Crippen LogP contribution in [0.3, 0.4) is 0 Å². The Balaban J connectivity index is 1.09. The molecule has 1 aliphatic carbocycles. The Morgan fingerprint density at radius 2 is 0.550 bits per heavy atom. The lowest BCUT2D eigenvalue weighted by Gasteiger charge is -2.36. The Bertz CT molecular complexity index is 4480. The van der Waals surface area contributed by atoms with E-state index in [0.29, 0.717) is 0 Å². The van der Waals surface area contributed by atoms with Gasteiger partial charge in [-0.3, -0.25) is 0 Å². The van der Waals surface area contributed by atoms with Gasteiger partial charge in [-0.2, -0.15) is 0 Å². The molecule has 1 aliphatic rings. The van der Waals surface area contributed by atoms with E-state index in [2.05, 4.69) is 298 Å². The Morgan fingerprint density at radius 3 is 0.863 bits per heavy atom. The van der Waals surface area contributed by atoms with E-state index in [1.807, 2.05) is 0 Å². The number of hydrogen-bond donors (Lipinski definition) is 0. The molecule has 0 N–H and O–H groups in total.